The SMILES string of the molecule is CC(=O)N[C@H]1[C@@H](OC[C@H](O)[C@H]2O[C@H](OC[C@H](O)[C@H]3O[C@H](O[C@@H]4[C@H](O)[C@@H](O[C@H]5[C@@H]([C@H](O)CO)O[C@@](O)(C(=O)O)C[C@H]5O[C@]5(C(=O)O)C[C@@H](O)[C@@H](O)[C@@H]([C@H](O)CO)O5)O[C@H]([C@@H](O)CO)[C@H]4O)[C@@H](O)[C@@H](O[C@H]4O[C@H](CO)[C@@H](O)[C@H](O)[C@H]4O)[C@@H]3O)[C@@H](O)[C@@H](O)[C@@H]2O)O[C@H](CO)[C@@H](O)[C@@H]1O. The number of hydrogen-bond acceptors (Lipinski definition) is 41. The van der Waals surface area contributed by atoms with Gasteiger partial charge < -0.3 is 205 Å². The number of aliphatic carboxylic acids is 2. The summed E-state index contributed by atoms with van der Waals surface area (Å²) >= 11 is 0. The van der Waals surface area contributed by atoms with Crippen LogP contribution in [0.2, 0.25) is 0 Å². The van der Waals surface area contributed by atoms with Crippen molar-refractivity contribution in [2.45, 2.75) is 252 Å². The Morgan fingerprint density at radius 1 is 0.442 bits per heavy atom. The van der Waals surface area contributed by atoms with Gasteiger partial charge in [-0.2, -0.15) is 0 Å². The van der Waals surface area contributed by atoms with Crippen molar-refractivity contribution >= 4 is 17.8 Å². The lowest BCUT2D eigenvalue weighted by atomic mass is 9.89. The van der Waals surface area contributed by atoms with Crippen molar-refractivity contribution in [2.24, 2.45) is 0 Å². The van der Waals surface area contributed by atoms with Crippen LogP contribution in [0.15, 0.2) is 0 Å². The van der Waals surface area contributed by atoms with Crippen LogP contribution in [0.25, 0.3) is 0 Å². The molecule has 0 aromatic carbocycles. The molecule has 44 heteroatoms. The van der Waals surface area contributed by atoms with Gasteiger partial charge in [-0.05, 0) is 0 Å². The summed E-state index contributed by atoms with van der Waals surface area (Å²) in [6, 6.07) is -1.54. The van der Waals surface area contributed by atoms with Gasteiger partial charge in [-0.15, -0.1) is 0 Å². The van der Waals surface area contributed by atoms with Crippen LogP contribution in [-0.2, 0) is 76.0 Å². The maximum absolute atomic E-state index is 13.1. The molecular weight excluding hydrogens is 1310 g/mol. The van der Waals surface area contributed by atoms with Gasteiger partial charge in [0.15, 0.2) is 31.5 Å². The lowest BCUT2D eigenvalue weighted by Gasteiger charge is -2.52. The van der Waals surface area contributed by atoms with Gasteiger partial charge in [0.1, 0.15) is 177 Å². The smallest absolute Gasteiger partial charge is 0.364 e. The fourth-order valence-corrected chi connectivity index (χ4v) is 11.8. The third-order valence-corrected chi connectivity index (χ3v) is 17.1. The predicted octanol–water partition coefficient (Wildman–Crippen LogP) is -18.4. The van der Waals surface area contributed by atoms with Gasteiger partial charge in [0.05, 0.1) is 58.5 Å². The third-order valence-electron chi connectivity index (χ3n) is 17.1. The number of carbonyl (C=O) groups is 3. The molecule has 95 heavy (non-hydrogen) atoms. The number of aliphatic hydroxyl groups is 25. The number of rotatable bonds is 27. The number of amides is 1. The molecule has 0 saturated carbocycles. The number of hydrogen-bond donors (Lipinski definition) is 28. The molecular formula is C51H85NO43. The number of ether oxygens (including phenoxy) is 13. The second-order valence-corrected chi connectivity index (χ2v) is 23.8. The molecule has 7 saturated heterocycles. The molecule has 38 atom stereocenters. The Morgan fingerprint density at radius 3 is 1.36 bits per heavy atom. The van der Waals surface area contributed by atoms with Crippen molar-refractivity contribution < 1.29 is 214 Å². The Morgan fingerprint density at radius 2 is 0.863 bits per heavy atom. The molecule has 552 valence electrons. The number of carbonyl (C=O) groups excluding carboxylic acids is 1. The van der Waals surface area contributed by atoms with Crippen LogP contribution >= 0.6 is 0 Å². The molecule has 0 aromatic rings. The summed E-state index contributed by atoms with van der Waals surface area (Å²) in [7, 11) is 0. The van der Waals surface area contributed by atoms with E-state index in [1.807, 2.05) is 0 Å². The van der Waals surface area contributed by atoms with E-state index in [9.17, 15) is 152 Å². The number of carboxylic acid groups (broad SMARTS) is 2. The molecule has 7 fully saturated rings. The molecule has 1 amide bonds. The van der Waals surface area contributed by atoms with E-state index in [2.05, 4.69) is 5.32 Å². The first-order valence-electron chi connectivity index (χ1n) is 29.5. The fraction of sp³-hybridized carbons (Fsp3) is 0.941. The van der Waals surface area contributed by atoms with E-state index in [0.29, 0.717) is 0 Å². The Balaban J connectivity index is 1.19. The van der Waals surface area contributed by atoms with E-state index in [1.165, 1.54) is 0 Å². The minimum Gasteiger partial charge on any atom is -0.477 e. The molecule has 0 aliphatic carbocycles. The molecule has 7 heterocycles. The lowest BCUT2D eigenvalue weighted by Crippen LogP contribution is -2.70. The van der Waals surface area contributed by atoms with Crippen molar-refractivity contribution in [3.63, 3.8) is 0 Å². The number of aliphatic hydroxyl groups excluding tert-OH is 24. The van der Waals surface area contributed by atoms with Gasteiger partial charge >= 0.3 is 11.9 Å². The molecule has 7 aliphatic rings. The van der Waals surface area contributed by atoms with Crippen LogP contribution in [0, 0.1) is 0 Å². The topological polar surface area (TPSA) is 729 Å². The second-order valence-electron chi connectivity index (χ2n) is 23.8. The fourth-order valence-electron chi connectivity index (χ4n) is 11.8. The van der Waals surface area contributed by atoms with Crippen molar-refractivity contribution in [3.8, 4) is 0 Å². The van der Waals surface area contributed by atoms with Gasteiger partial charge in [-0.1, -0.05) is 0 Å². The molecule has 0 bridgehead atoms. The first-order chi connectivity index (χ1) is 44.5. The summed E-state index contributed by atoms with van der Waals surface area (Å²) in [6.07, 6.45) is -82.0. The molecule has 0 unspecified atom stereocenters. The van der Waals surface area contributed by atoms with E-state index in [0.717, 1.165) is 6.92 Å². The van der Waals surface area contributed by atoms with Gasteiger partial charge in [0, 0.05) is 19.8 Å². The van der Waals surface area contributed by atoms with Crippen molar-refractivity contribution in [1.82, 2.24) is 5.32 Å². The van der Waals surface area contributed by atoms with Gasteiger partial charge in [0.25, 0.3) is 11.6 Å². The molecule has 0 spiro atoms. The zero-order valence-electron chi connectivity index (χ0n) is 49.8. The monoisotopic (exact) mass is 1400 g/mol. The lowest BCUT2D eigenvalue weighted by molar-refractivity contribution is -0.406. The maximum Gasteiger partial charge on any atom is 0.364 e. The second kappa shape index (κ2) is 33.1. The predicted molar refractivity (Wildman–Crippen MR) is 284 cm³/mol. The van der Waals surface area contributed by atoms with Crippen molar-refractivity contribution in [3.05, 3.63) is 0 Å². The largest absolute Gasteiger partial charge is 0.477 e. The third kappa shape index (κ3) is 16.9. The Bertz CT molecular complexity index is 2450. The molecule has 0 radical (unpaired) electrons. The van der Waals surface area contributed by atoms with Crippen molar-refractivity contribution in [2.75, 3.05) is 46.2 Å². The molecule has 44 nitrogen and oxygen atoms in total. The van der Waals surface area contributed by atoms with E-state index in [-0.39, 0.29) is 0 Å². The molecule has 7 aliphatic heterocycles. The maximum atomic E-state index is 13.1. The highest BCUT2D eigenvalue weighted by Crippen LogP contribution is 2.43. The summed E-state index contributed by atoms with van der Waals surface area (Å²) in [5, 5.41) is 295. The quantitative estimate of drug-likeness (QED) is 0.0363. The molecule has 28 N–H and O–H groups in total. The average molecular weight is 1400 g/mol. The molecule has 0 aromatic heterocycles. The Kier molecular flexibility index (Phi) is 27.6. The minimum atomic E-state index is -3.57. The van der Waals surface area contributed by atoms with E-state index in [4.69, 9.17) is 61.6 Å². The number of nitrogens with one attached hydrogen (secondary N) is 1. The summed E-state index contributed by atoms with van der Waals surface area (Å²) < 4.78 is 72.8. The van der Waals surface area contributed by atoms with Crippen LogP contribution in [-0.4, -0.2) is 434 Å². The first-order valence-corrected chi connectivity index (χ1v) is 29.5. The van der Waals surface area contributed by atoms with E-state index >= 15 is 0 Å². The van der Waals surface area contributed by atoms with Crippen LogP contribution < -0.4 is 5.32 Å². The summed E-state index contributed by atoms with van der Waals surface area (Å²) in [6.45, 7) is -7.21. The minimum absolute atomic E-state index is 0.759. The Labute approximate surface area is 534 Å². The number of carboxylic acids is 2. The van der Waals surface area contributed by atoms with Crippen LogP contribution in [0.1, 0.15) is 19.8 Å². The normalized spacial score (nSPS) is 47.6. The van der Waals surface area contributed by atoms with Crippen LogP contribution in [0.5, 0.6) is 0 Å². The van der Waals surface area contributed by atoms with E-state index < -0.39 is 309 Å². The zero-order valence-corrected chi connectivity index (χ0v) is 49.8. The van der Waals surface area contributed by atoms with Gasteiger partial charge in [0.2, 0.25) is 5.91 Å². The van der Waals surface area contributed by atoms with E-state index in [1.54, 1.807) is 0 Å². The first kappa shape index (κ1) is 79.2. The summed E-state index contributed by atoms with van der Waals surface area (Å²) in [5.41, 5.74) is 0. The standard InChI is InChI=1S/C51H85NO43/c1-11(58)52-21-25(68)23(66)19(7-56)85-43(21)83-9-16(63)36-28(71)27(70)29(72)44(87-36)84-10-17(64)37-32(75)42(91-45-30(73)26(69)24(67)20(8-57)86-45)34(77)47(89-37)92-41-31(74)35(13(60)4-53)88-46(33(41)76)90-40-18(3-50(82,48(78)79)94-39(40)15(62)6-55)93-51(49(80)81)2-12(59)22(65)38(95-51)14(61)5-54/h12-47,53-57,59-77,82H,2-10H2,1H3,(H,52,58)(H,78,79)(H,80,81)/t12-,13+,14-,15-,16+,17+,18-,19-,20-,21-,22-,23-,24-,25-,26+,27+,28+,29+,30-,31-,32-,33+,34+,35-,36-,37-,38-,39-,40-,41+,42+,43+,44+,45-,46-,47-,50-,51-/m1/s1. The van der Waals surface area contributed by atoms with Gasteiger partial charge in [-0.25, -0.2) is 9.59 Å². The average Bonchev–Trinajstić information content (AvgIpc) is 0.752. The highest BCUT2D eigenvalue weighted by molar-refractivity contribution is 5.77. The zero-order chi connectivity index (χ0) is 70.8. The summed E-state index contributed by atoms with van der Waals surface area (Å²) in [4.78, 5) is 37.6. The Hall–Kier alpha value is -3.11. The van der Waals surface area contributed by atoms with Crippen LogP contribution in [0.4, 0.5) is 0 Å². The highest BCUT2D eigenvalue weighted by Gasteiger charge is 2.63. The molecule has 7 rings (SSSR count). The van der Waals surface area contributed by atoms with Crippen LogP contribution in [0.3, 0.4) is 0 Å². The summed E-state index contributed by atoms with van der Waals surface area (Å²) in [5.74, 6) is -12.2. The van der Waals surface area contributed by atoms with Crippen molar-refractivity contribution in [1.29, 1.82) is 0 Å². The van der Waals surface area contributed by atoms with Gasteiger partial charge in [-0.3, -0.25) is 4.79 Å². The highest BCUT2D eigenvalue weighted by atomic mass is 16.8.